The van der Waals surface area contributed by atoms with Crippen molar-refractivity contribution in [3.8, 4) is 12.1 Å². The van der Waals surface area contributed by atoms with Crippen molar-refractivity contribution in [2.24, 2.45) is 0 Å². The third-order valence-corrected chi connectivity index (χ3v) is 3.27. The molecule has 0 aliphatic rings. The van der Waals surface area contributed by atoms with Crippen molar-refractivity contribution in [2.75, 3.05) is 13.1 Å². The van der Waals surface area contributed by atoms with Crippen LogP contribution >= 0.6 is 11.6 Å². The molecule has 0 aliphatic carbocycles. The number of rotatable bonds is 6. The number of nitrogens with zero attached hydrogens (tertiary/aromatic N) is 3. The largest absolute Gasteiger partial charge is 0.337 e. The Hall–Kier alpha value is -2.30. The van der Waals surface area contributed by atoms with Crippen molar-refractivity contribution in [3.05, 3.63) is 40.9 Å². The molecule has 0 spiro atoms. The van der Waals surface area contributed by atoms with Gasteiger partial charge in [0.2, 0.25) is 5.91 Å². The first kappa shape index (κ1) is 16.8. The molecule has 5 heteroatoms. The number of halogens is 1. The van der Waals surface area contributed by atoms with E-state index in [-0.39, 0.29) is 18.7 Å². The molecule has 21 heavy (non-hydrogen) atoms. The zero-order valence-electron chi connectivity index (χ0n) is 11.8. The van der Waals surface area contributed by atoms with Gasteiger partial charge in [0, 0.05) is 24.2 Å². The number of hydrogen-bond acceptors (Lipinski definition) is 3. The maximum absolute atomic E-state index is 12.2. The van der Waals surface area contributed by atoms with Gasteiger partial charge in [0.25, 0.3) is 0 Å². The maximum atomic E-state index is 12.2. The standard InChI is InChI=1S/C16H16ClN3O/c1-13(14-6-2-3-7-15(14)17)12-16(21)20(10-4-8-18)11-5-9-19/h2-3,6-7,12H,4-5,10-11H2,1H3/b13-12-. The number of benzene rings is 1. The molecule has 0 aromatic heterocycles. The van der Waals surface area contributed by atoms with Crippen molar-refractivity contribution in [1.82, 2.24) is 4.90 Å². The smallest absolute Gasteiger partial charge is 0.246 e. The molecule has 0 fully saturated rings. The predicted octanol–water partition coefficient (Wildman–Crippen LogP) is 3.40. The number of hydrogen-bond donors (Lipinski definition) is 0. The summed E-state index contributed by atoms with van der Waals surface area (Å²) in [5.41, 5.74) is 1.55. The molecule has 0 saturated carbocycles. The second-order valence-electron chi connectivity index (χ2n) is 4.45. The van der Waals surface area contributed by atoms with Crippen molar-refractivity contribution < 1.29 is 4.79 Å². The molecule has 1 aromatic rings. The average Bonchev–Trinajstić information content (AvgIpc) is 2.47. The lowest BCUT2D eigenvalue weighted by Crippen LogP contribution is -2.31. The van der Waals surface area contributed by atoms with E-state index in [1.54, 1.807) is 6.07 Å². The summed E-state index contributed by atoms with van der Waals surface area (Å²) in [6.45, 7) is 2.46. The number of carbonyl (C=O) groups excluding carboxylic acids is 1. The average molecular weight is 302 g/mol. The Morgan fingerprint density at radius 2 is 1.81 bits per heavy atom. The van der Waals surface area contributed by atoms with Crippen molar-refractivity contribution in [2.45, 2.75) is 19.8 Å². The van der Waals surface area contributed by atoms with E-state index in [9.17, 15) is 4.79 Å². The van der Waals surface area contributed by atoms with E-state index in [0.717, 1.165) is 11.1 Å². The third-order valence-electron chi connectivity index (χ3n) is 2.94. The van der Waals surface area contributed by atoms with Gasteiger partial charge in [0.1, 0.15) is 0 Å². The molecule has 0 atom stereocenters. The van der Waals surface area contributed by atoms with Crippen LogP contribution in [0.1, 0.15) is 25.3 Å². The highest BCUT2D eigenvalue weighted by Gasteiger charge is 2.12. The third kappa shape index (κ3) is 5.30. The summed E-state index contributed by atoms with van der Waals surface area (Å²) in [7, 11) is 0. The molecule has 1 rings (SSSR count). The van der Waals surface area contributed by atoms with Gasteiger partial charge in [-0.25, -0.2) is 0 Å². The topological polar surface area (TPSA) is 67.9 Å². The second-order valence-corrected chi connectivity index (χ2v) is 4.86. The first-order valence-electron chi connectivity index (χ1n) is 6.56. The van der Waals surface area contributed by atoms with Gasteiger partial charge in [0.15, 0.2) is 0 Å². The minimum Gasteiger partial charge on any atom is -0.337 e. The van der Waals surface area contributed by atoms with Crippen LogP contribution in [0.5, 0.6) is 0 Å². The SMILES string of the molecule is C/C(=C/C(=O)N(CCC#N)CCC#N)c1ccccc1Cl. The van der Waals surface area contributed by atoms with Crippen LogP contribution in [0.3, 0.4) is 0 Å². The molecule has 0 radical (unpaired) electrons. The van der Waals surface area contributed by atoms with Gasteiger partial charge in [0.05, 0.1) is 25.0 Å². The summed E-state index contributed by atoms with van der Waals surface area (Å²) in [6, 6.07) is 11.3. The molecule has 0 saturated heterocycles. The zero-order chi connectivity index (χ0) is 15.7. The van der Waals surface area contributed by atoms with E-state index in [2.05, 4.69) is 0 Å². The Labute approximate surface area is 129 Å². The van der Waals surface area contributed by atoms with Gasteiger partial charge in [-0.05, 0) is 24.1 Å². The highest BCUT2D eigenvalue weighted by molar-refractivity contribution is 6.32. The predicted molar refractivity (Wildman–Crippen MR) is 82.1 cm³/mol. The lowest BCUT2D eigenvalue weighted by atomic mass is 10.1. The molecule has 4 nitrogen and oxygen atoms in total. The van der Waals surface area contributed by atoms with Crippen LogP contribution in [0.25, 0.3) is 5.57 Å². The summed E-state index contributed by atoms with van der Waals surface area (Å²) in [4.78, 5) is 13.7. The number of allylic oxidation sites excluding steroid dienone is 1. The Kier molecular flexibility index (Phi) is 7.01. The summed E-state index contributed by atoms with van der Waals surface area (Å²) in [5.74, 6) is -0.210. The quantitative estimate of drug-likeness (QED) is 0.756. The molecule has 0 heterocycles. The van der Waals surface area contributed by atoms with Gasteiger partial charge in [-0.2, -0.15) is 10.5 Å². The van der Waals surface area contributed by atoms with Crippen molar-refractivity contribution in [3.63, 3.8) is 0 Å². The fraction of sp³-hybridized carbons (Fsp3) is 0.312. The lowest BCUT2D eigenvalue weighted by molar-refractivity contribution is -0.125. The fourth-order valence-corrected chi connectivity index (χ4v) is 2.12. The molecule has 1 aromatic carbocycles. The molecule has 0 bridgehead atoms. The van der Waals surface area contributed by atoms with Gasteiger partial charge in [-0.15, -0.1) is 0 Å². The molecule has 0 unspecified atom stereocenters. The van der Waals surface area contributed by atoms with E-state index in [0.29, 0.717) is 18.1 Å². The van der Waals surface area contributed by atoms with E-state index in [1.807, 2.05) is 37.3 Å². The molecule has 0 aliphatic heterocycles. The van der Waals surface area contributed by atoms with E-state index in [1.165, 1.54) is 11.0 Å². The minimum atomic E-state index is -0.210. The van der Waals surface area contributed by atoms with Crippen molar-refractivity contribution in [1.29, 1.82) is 10.5 Å². The van der Waals surface area contributed by atoms with Gasteiger partial charge >= 0.3 is 0 Å². The van der Waals surface area contributed by atoms with Crippen LogP contribution in [0.2, 0.25) is 5.02 Å². The van der Waals surface area contributed by atoms with E-state index >= 15 is 0 Å². The van der Waals surface area contributed by atoms with Gasteiger partial charge in [-0.1, -0.05) is 29.8 Å². The van der Waals surface area contributed by atoms with Gasteiger partial charge in [-0.3, -0.25) is 4.79 Å². The molecule has 1 amide bonds. The van der Waals surface area contributed by atoms with Crippen LogP contribution in [0.4, 0.5) is 0 Å². The van der Waals surface area contributed by atoms with Crippen LogP contribution in [0.15, 0.2) is 30.3 Å². The summed E-state index contributed by atoms with van der Waals surface area (Å²) >= 11 is 6.10. The van der Waals surface area contributed by atoms with Crippen LogP contribution in [-0.2, 0) is 4.79 Å². The first-order chi connectivity index (χ1) is 10.1. The van der Waals surface area contributed by atoms with Crippen LogP contribution in [-0.4, -0.2) is 23.9 Å². The van der Waals surface area contributed by atoms with Crippen LogP contribution in [0, 0.1) is 22.7 Å². The summed E-state index contributed by atoms with van der Waals surface area (Å²) < 4.78 is 0. The Balaban J connectivity index is 2.88. The zero-order valence-corrected chi connectivity index (χ0v) is 12.6. The van der Waals surface area contributed by atoms with E-state index < -0.39 is 0 Å². The summed E-state index contributed by atoms with van der Waals surface area (Å²) in [6.07, 6.45) is 1.99. The number of carbonyl (C=O) groups is 1. The lowest BCUT2D eigenvalue weighted by Gasteiger charge is -2.19. The maximum Gasteiger partial charge on any atom is 0.246 e. The molecule has 0 N–H and O–H groups in total. The Morgan fingerprint density at radius 3 is 2.33 bits per heavy atom. The fourth-order valence-electron chi connectivity index (χ4n) is 1.84. The minimum absolute atomic E-state index is 0.210. The molecule has 108 valence electrons. The van der Waals surface area contributed by atoms with E-state index in [4.69, 9.17) is 22.1 Å². The number of amides is 1. The molecular formula is C16H16ClN3O. The molecular weight excluding hydrogens is 286 g/mol. The highest BCUT2D eigenvalue weighted by atomic mass is 35.5. The monoisotopic (exact) mass is 301 g/mol. The Bertz CT molecular complexity index is 593. The normalized spacial score (nSPS) is 10.6. The van der Waals surface area contributed by atoms with Gasteiger partial charge < -0.3 is 4.90 Å². The van der Waals surface area contributed by atoms with Crippen LogP contribution < -0.4 is 0 Å². The van der Waals surface area contributed by atoms with Crippen molar-refractivity contribution >= 4 is 23.1 Å². The summed E-state index contributed by atoms with van der Waals surface area (Å²) in [5, 5.41) is 17.8. The Morgan fingerprint density at radius 1 is 1.24 bits per heavy atom. The highest BCUT2D eigenvalue weighted by Crippen LogP contribution is 2.23. The second kappa shape index (κ2) is 8.79. The first-order valence-corrected chi connectivity index (χ1v) is 6.94. The number of nitriles is 2.